The van der Waals surface area contributed by atoms with Gasteiger partial charge in [0.1, 0.15) is 0 Å². The molecule has 0 bridgehead atoms. The Morgan fingerprint density at radius 1 is 0.950 bits per heavy atom. The van der Waals surface area contributed by atoms with Gasteiger partial charge in [0.2, 0.25) is 0 Å². The zero-order valence-corrected chi connectivity index (χ0v) is 12.8. The molecule has 0 aliphatic heterocycles. The first-order valence-corrected chi connectivity index (χ1v) is 7.05. The van der Waals surface area contributed by atoms with E-state index in [0.29, 0.717) is 0 Å². The molecule has 0 heterocycles. The van der Waals surface area contributed by atoms with Crippen LogP contribution in [0.2, 0.25) is 0 Å². The summed E-state index contributed by atoms with van der Waals surface area (Å²) in [5, 5.41) is 0. The topological polar surface area (TPSA) is 38.0 Å². The SMILES string of the molecule is Cc1cc(C)cc(C(NN)C(C)(C)c2ccccc2)c1. The van der Waals surface area contributed by atoms with Gasteiger partial charge in [-0.05, 0) is 25.0 Å². The quantitative estimate of drug-likeness (QED) is 0.654. The van der Waals surface area contributed by atoms with Crippen LogP contribution in [0.15, 0.2) is 48.5 Å². The molecule has 3 N–H and O–H groups in total. The van der Waals surface area contributed by atoms with Gasteiger partial charge in [0, 0.05) is 5.41 Å². The van der Waals surface area contributed by atoms with Crippen molar-refractivity contribution in [2.45, 2.75) is 39.2 Å². The van der Waals surface area contributed by atoms with Crippen molar-refractivity contribution < 1.29 is 0 Å². The van der Waals surface area contributed by atoms with Gasteiger partial charge in [0.15, 0.2) is 0 Å². The fraction of sp³-hybridized carbons (Fsp3) is 0.333. The molecule has 0 radical (unpaired) electrons. The zero-order chi connectivity index (χ0) is 14.8. The van der Waals surface area contributed by atoms with E-state index in [1.54, 1.807) is 0 Å². The van der Waals surface area contributed by atoms with Crippen molar-refractivity contribution in [3.05, 3.63) is 70.8 Å². The van der Waals surface area contributed by atoms with Crippen molar-refractivity contribution in [1.29, 1.82) is 0 Å². The van der Waals surface area contributed by atoms with E-state index < -0.39 is 0 Å². The van der Waals surface area contributed by atoms with Crippen molar-refractivity contribution >= 4 is 0 Å². The zero-order valence-electron chi connectivity index (χ0n) is 12.8. The molecule has 2 aromatic carbocycles. The molecule has 2 aromatic rings. The highest BCUT2D eigenvalue weighted by Gasteiger charge is 2.31. The summed E-state index contributed by atoms with van der Waals surface area (Å²) in [6.07, 6.45) is 0. The van der Waals surface area contributed by atoms with Crippen molar-refractivity contribution in [1.82, 2.24) is 5.43 Å². The van der Waals surface area contributed by atoms with E-state index in [0.717, 1.165) is 0 Å². The third-order valence-corrected chi connectivity index (χ3v) is 3.98. The molecular weight excluding hydrogens is 244 g/mol. The van der Waals surface area contributed by atoms with Gasteiger partial charge in [-0.15, -0.1) is 0 Å². The van der Waals surface area contributed by atoms with Crippen LogP contribution < -0.4 is 11.3 Å². The predicted octanol–water partition coefficient (Wildman–Crippen LogP) is 3.79. The number of benzene rings is 2. The average molecular weight is 268 g/mol. The summed E-state index contributed by atoms with van der Waals surface area (Å²) in [7, 11) is 0. The Morgan fingerprint density at radius 2 is 1.50 bits per heavy atom. The Balaban J connectivity index is 2.46. The van der Waals surface area contributed by atoms with Gasteiger partial charge in [0.05, 0.1) is 6.04 Å². The number of hydrogen-bond acceptors (Lipinski definition) is 2. The molecule has 106 valence electrons. The van der Waals surface area contributed by atoms with E-state index in [1.807, 2.05) is 6.07 Å². The van der Waals surface area contributed by atoms with Crippen molar-refractivity contribution in [3.63, 3.8) is 0 Å². The summed E-state index contributed by atoms with van der Waals surface area (Å²) in [5.74, 6) is 5.88. The minimum Gasteiger partial charge on any atom is -0.271 e. The normalized spacial score (nSPS) is 13.2. The van der Waals surface area contributed by atoms with Crippen molar-refractivity contribution in [2.24, 2.45) is 5.84 Å². The van der Waals surface area contributed by atoms with Crippen LogP contribution >= 0.6 is 0 Å². The molecule has 0 aliphatic carbocycles. The van der Waals surface area contributed by atoms with Crippen LogP contribution in [-0.4, -0.2) is 0 Å². The molecule has 0 spiro atoms. The van der Waals surface area contributed by atoms with Crippen molar-refractivity contribution in [2.75, 3.05) is 0 Å². The monoisotopic (exact) mass is 268 g/mol. The summed E-state index contributed by atoms with van der Waals surface area (Å²) in [4.78, 5) is 0. The molecule has 0 fully saturated rings. The van der Waals surface area contributed by atoms with E-state index >= 15 is 0 Å². The molecule has 0 amide bonds. The van der Waals surface area contributed by atoms with Crippen molar-refractivity contribution in [3.8, 4) is 0 Å². The smallest absolute Gasteiger partial charge is 0.0551 e. The first-order valence-electron chi connectivity index (χ1n) is 7.05. The Labute approximate surface area is 122 Å². The van der Waals surface area contributed by atoms with Gasteiger partial charge in [-0.1, -0.05) is 73.5 Å². The maximum Gasteiger partial charge on any atom is 0.0551 e. The predicted molar refractivity (Wildman–Crippen MR) is 85.4 cm³/mol. The second-order valence-corrected chi connectivity index (χ2v) is 6.11. The summed E-state index contributed by atoms with van der Waals surface area (Å²) in [5.41, 5.74) is 7.97. The molecule has 2 rings (SSSR count). The average Bonchev–Trinajstić information content (AvgIpc) is 2.39. The number of nitrogens with one attached hydrogen (secondary N) is 1. The summed E-state index contributed by atoms with van der Waals surface area (Å²) >= 11 is 0. The molecule has 0 saturated heterocycles. The van der Waals surface area contributed by atoms with E-state index in [2.05, 4.69) is 75.6 Å². The Bertz CT molecular complexity index is 553. The minimum absolute atomic E-state index is 0.0727. The molecule has 0 saturated carbocycles. The van der Waals surface area contributed by atoms with E-state index in [1.165, 1.54) is 22.3 Å². The Hall–Kier alpha value is -1.64. The third kappa shape index (κ3) is 2.92. The van der Waals surface area contributed by atoms with Crippen LogP contribution in [0.1, 0.15) is 42.1 Å². The Kier molecular flexibility index (Phi) is 4.26. The summed E-state index contributed by atoms with van der Waals surface area (Å²) < 4.78 is 0. The maximum atomic E-state index is 5.88. The molecular formula is C18H24N2. The first-order chi connectivity index (χ1) is 9.45. The highest BCUT2D eigenvalue weighted by molar-refractivity contribution is 5.36. The lowest BCUT2D eigenvalue weighted by atomic mass is 9.75. The molecule has 0 aliphatic rings. The maximum absolute atomic E-state index is 5.88. The fourth-order valence-corrected chi connectivity index (χ4v) is 2.93. The van der Waals surface area contributed by atoms with E-state index in [4.69, 9.17) is 5.84 Å². The highest BCUT2D eigenvalue weighted by atomic mass is 15.2. The second-order valence-electron chi connectivity index (χ2n) is 6.11. The lowest BCUT2D eigenvalue weighted by Gasteiger charge is -2.35. The number of hydrazine groups is 1. The van der Waals surface area contributed by atoms with Crippen LogP contribution in [0.4, 0.5) is 0 Å². The van der Waals surface area contributed by atoms with Gasteiger partial charge in [0.25, 0.3) is 0 Å². The number of rotatable bonds is 4. The number of aryl methyl sites for hydroxylation is 2. The van der Waals surface area contributed by atoms with Gasteiger partial charge in [-0.25, -0.2) is 0 Å². The van der Waals surface area contributed by atoms with E-state index in [-0.39, 0.29) is 11.5 Å². The molecule has 20 heavy (non-hydrogen) atoms. The first kappa shape index (κ1) is 14.8. The summed E-state index contributed by atoms with van der Waals surface area (Å²) in [6.45, 7) is 8.70. The van der Waals surface area contributed by atoms with Crippen LogP contribution in [0.5, 0.6) is 0 Å². The molecule has 1 atom stereocenters. The third-order valence-electron chi connectivity index (χ3n) is 3.98. The lowest BCUT2D eigenvalue weighted by Crippen LogP contribution is -2.41. The second kappa shape index (κ2) is 5.78. The largest absolute Gasteiger partial charge is 0.271 e. The molecule has 1 unspecified atom stereocenters. The fourth-order valence-electron chi connectivity index (χ4n) is 2.93. The van der Waals surface area contributed by atoms with Crippen LogP contribution in [0.3, 0.4) is 0 Å². The molecule has 2 heteroatoms. The van der Waals surface area contributed by atoms with Gasteiger partial charge in [-0.3, -0.25) is 11.3 Å². The van der Waals surface area contributed by atoms with Gasteiger partial charge in [-0.2, -0.15) is 0 Å². The van der Waals surface area contributed by atoms with Gasteiger partial charge < -0.3 is 0 Å². The Morgan fingerprint density at radius 3 is 2.00 bits per heavy atom. The van der Waals surface area contributed by atoms with E-state index in [9.17, 15) is 0 Å². The minimum atomic E-state index is -0.0871. The van der Waals surface area contributed by atoms with Crippen LogP contribution in [0, 0.1) is 13.8 Å². The molecule has 0 aromatic heterocycles. The number of hydrogen-bond donors (Lipinski definition) is 2. The highest BCUT2D eigenvalue weighted by Crippen LogP contribution is 2.36. The van der Waals surface area contributed by atoms with Crippen LogP contribution in [-0.2, 0) is 5.41 Å². The van der Waals surface area contributed by atoms with Gasteiger partial charge >= 0.3 is 0 Å². The summed E-state index contributed by atoms with van der Waals surface area (Å²) in [6, 6.07) is 17.2. The standard InChI is InChI=1S/C18H24N2/c1-13-10-14(2)12-15(11-13)17(20-19)18(3,4)16-8-6-5-7-9-16/h5-12,17,20H,19H2,1-4H3. The molecule has 2 nitrogen and oxygen atoms in total. The lowest BCUT2D eigenvalue weighted by molar-refractivity contribution is 0.352. The van der Waals surface area contributed by atoms with Crippen LogP contribution in [0.25, 0.3) is 0 Å². The number of nitrogens with two attached hydrogens (primary N) is 1.